The Hall–Kier alpha value is -0.830. The number of oxazole rings is 1. The smallest absolute Gasteiger partial charge is 0.266 e. The van der Waals surface area contributed by atoms with E-state index in [0.717, 1.165) is 0 Å². The average Bonchev–Trinajstić information content (AvgIpc) is 2.37. The molecule has 0 amide bonds. The molecule has 3 heteroatoms. The van der Waals surface area contributed by atoms with Gasteiger partial charge in [0.25, 0.3) is 4.84 Å². The van der Waals surface area contributed by atoms with Crippen LogP contribution in [0.3, 0.4) is 0 Å². The van der Waals surface area contributed by atoms with Gasteiger partial charge < -0.3 is 9.40 Å². The molecule has 0 spiro atoms. The minimum atomic E-state index is 0.333. The molecule has 0 aromatic carbocycles. The maximum atomic E-state index is 4.80. The Balaban J connectivity index is 0. The van der Waals surface area contributed by atoms with Crippen molar-refractivity contribution < 1.29 is 4.42 Å². The third-order valence-electron chi connectivity index (χ3n) is 0.805. The molecule has 0 fully saturated rings. The summed E-state index contributed by atoms with van der Waals surface area (Å²) in [5.41, 5.74) is 0.509. The first-order valence-corrected chi connectivity index (χ1v) is 4.48. The van der Waals surface area contributed by atoms with Gasteiger partial charge in [0, 0.05) is 0 Å². The molecule has 1 aromatic rings. The van der Waals surface area contributed by atoms with Gasteiger partial charge >= 0.3 is 0 Å². The number of rotatable bonds is 0. The number of H-pyrrole nitrogens is 1. The van der Waals surface area contributed by atoms with E-state index in [9.17, 15) is 0 Å². The van der Waals surface area contributed by atoms with Gasteiger partial charge in [0.05, 0.1) is 5.35 Å². The maximum absolute atomic E-state index is 4.80. The highest BCUT2D eigenvalue weighted by Crippen LogP contribution is 1.67. The molecule has 1 heterocycles. The highest BCUT2D eigenvalue weighted by molar-refractivity contribution is 7.71. The van der Waals surface area contributed by atoms with E-state index >= 15 is 0 Å². The highest BCUT2D eigenvalue weighted by atomic mass is 32.1. The fraction of sp³-hybridized carbons (Fsp3) is 0.444. The summed E-state index contributed by atoms with van der Waals surface area (Å²) in [5, 5.41) is 0.648. The SMILES string of the molecule is C=c1[nH]c(=S)oc1=C.CC.CC. The largest absolute Gasteiger partial charge is 0.430 e. The van der Waals surface area contributed by atoms with E-state index in [1.54, 1.807) is 0 Å². The van der Waals surface area contributed by atoms with Crippen molar-refractivity contribution in [2.75, 3.05) is 0 Å². The predicted octanol–water partition coefficient (Wildman–Crippen LogP) is 2.21. The van der Waals surface area contributed by atoms with Gasteiger partial charge in [-0.3, -0.25) is 0 Å². The number of aromatic amines is 1. The second-order valence-corrected chi connectivity index (χ2v) is 1.79. The third-order valence-corrected chi connectivity index (χ3v) is 0.991. The number of nitrogens with one attached hydrogen (secondary N) is 1. The van der Waals surface area contributed by atoms with Gasteiger partial charge in [-0.15, -0.1) is 0 Å². The predicted molar refractivity (Wildman–Crippen MR) is 56.9 cm³/mol. The molecule has 0 unspecified atom stereocenters. The monoisotopic (exact) mass is 187 g/mol. The summed E-state index contributed by atoms with van der Waals surface area (Å²) in [6.07, 6.45) is 0. The van der Waals surface area contributed by atoms with Crippen LogP contribution in [0.4, 0.5) is 0 Å². The lowest BCUT2D eigenvalue weighted by Crippen LogP contribution is -2.17. The lowest BCUT2D eigenvalue weighted by molar-refractivity contribution is 0.510. The Morgan fingerprint density at radius 1 is 1.17 bits per heavy atom. The van der Waals surface area contributed by atoms with Gasteiger partial charge in [-0.2, -0.15) is 0 Å². The Kier molecular flexibility index (Phi) is 9.47. The quantitative estimate of drug-likeness (QED) is 0.631. The van der Waals surface area contributed by atoms with Gasteiger partial charge in [0.15, 0.2) is 0 Å². The summed E-state index contributed by atoms with van der Waals surface area (Å²) in [7, 11) is 0. The first-order chi connectivity index (χ1) is 5.70. The van der Waals surface area contributed by atoms with Gasteiger partial charge in [-0.1, -0.05) is 40.9 Å². The van der Waals surface area contributed by atoms with Crippen LogP contribution in [0.25, 0.3) is 13.2 Å². The minimum absolute atomic E-state index is 0.333. The van der Waals surface area contributed by atoms with Crippen molar-refractivity contribution in [1.29, 1.82) is 0 Å². The van der Waals surface area contributed by atoms with Gasteiger partial charge in [-0.05, 0) is 12.2 Å². The van der Waals surface area contributed by atoms with Crippen LogP contribution >= 0.6 is 12.2 Å². The first kappa shape index (κ1) is 13.7. The van der Waals surface area contributed by atoms with E-state index in [0.29, 0.717) is 15.6 Å². The Morgan fingerprint density at radius 2 is 1.58 bits per heavy atom. The van der Waals surface area contributed by atoms with E-state index in [1.165, 1.54) is 0 Å². The second kappa shape index (κ2) is 8.27. The Labute approximate surface area is 78.6 Å². The number of hydrogen-bond acceptors (Lipinski definition) is 2. The molecule has 0 saturated heterocycles. The molecule has 2 nitrogen and oxygen atoms in total. The van der Waals surface area contributed by atoms with Gasteiger partial charge in [0.1, 0.15) is 5.42 Å². The summed E-state index contributed by atoms with van der Waals surface area (Å²) in [6, 6.07) is 0. The van der Waals surface area contributed by atoms with E-state index < -0.39 is 0 Å². The van der Waals surface area contributed by atoms with Crippen LogP contribution in [-0.4, -0.2) is 4.98 Å². The molecule has 0 aliphatic rings. The molecule has 70 valence electrons. The molecule has 0 aliphatic carbocycles. The zero-order chi connectivity index (χ0) is 10.1. The molecule has 1 aromatic heterocycles. The number of aromatic nitrogens is 1. The zero-order valence-corrected chi connectivity index (χ0v) is 9.05. The summed E-state index contributed by atoms with van der Waals surface area (Å²) in [6.45, 7) is 15.1. The molecular formula is C9H17NOS. The molecular weight excluding hydrogens is 170 g/mol. The van der Waals surface area contributed by atoms with Crippen molar-refractivity contribution in [2.24, 2.45) is 0 Å². The maximum Gasteiger partial charge on any atom is 0.266 e. The van der Waals surface area contributed by atoms with E-state index in [4.69, 9.17) is 4.42 Å². The molecule has 1 N–H and O–H groups in total. The van der Waals surface area contributed by atoms with Crippen molar-refractivity contribution in [3.63, 3.8) is 0 Å². The topological polar surface area (TPSA) is 28.9 Å². The third kappa shape index (κ3) is 4.91. The first-order valence-electron chi connectivity index (χ1n) is 4.07. The molecule has 0 atom stereocenters. The fourth-order valence-electron chi connectivity index (χ4n) is 0.392. The molecule has 12 heavy (non-hydrogen) atoms. The van der Waals surface area contributed by atoms with Gasteiger partial charge in [-0.25, -0.2) is 0 Å². The van der Waals surface area contributed by atoms with E-state index in [-0.39, 0.29) is 0 Å². The molecule has 0 radical (unpaired) electrons. The standard InChI is InChI=1S/C5H5NOS.2C2H6/c1-3-4(2)7-5(8)6-3;2*1-2/h1-2H2,(H,6,8);2*1-2H3. The van der Waals surface area contributed by atoms with E-state index in [2.05, 4.69) is 30.4 Å². The lowest BCUT2D eigenvalue weighted by atomic mass is 10.7. The van der Waals surface area contributed by atoms with Crippen LogP contribution < -0.4 is 10.8 Å². The summed E-state index contributed by atoms with van der Waals surface area (Å²) < 4.78 is 4.80. The number of hydrogen-bond donors (Lipinski definition) is 1. The van der Waals surface area contributed by atoms with Crippen LogP contribution in [0.15, 0.2) is 4.42 Å². The van der Waals surface area contributed by atoms with Crippen molar-refractivity contribution in [3.8, 4) is 0 Å². The minimum Gasteiger partial charge on any atom is -0.430 e. The summed E-state index contributed by atoms with van der Waals surface area (Å²) in [5.74, 6) is 0. The normalized spacial score (nSPS) is 7.33. The molecule has 1 rings (SSSR count). The molecule has 0 saturated carbocycles. The van der Waals surface area contributed by atoms with Crippen LogP contribution in [0.5, 0.6) is 0 Å². The Morgan fingerprint density at radius 3 is 1.67 bits per heavy atom. The molecule has 0 aliphatic heterocycles. The van der Waals surface area contributed by atoms with Crippen molar-refractivity contribution in [3.05, 3.63) is 15.6 Å². The fourth-order valence-corrected chi connectivity index (χ4v) is 0.616. The van der Waals surface area contributed by atoms with Crippen molar-refractivity contribution >= 4 is 25.4 Å². The van der Waals surface area contributed by atoms with Crippen molar-refractivity contribution in [2.45, 2.75) is 27.7 Å². The van der Waals surface area contributed by atoms with Crippen LogP contribution in [-0.2, 0) is 0 Å². The van der Waals surface area contributed by atoms with E-state index in [1.807, 2.05) is 27.7 Å². The Bertz CT molecular complexity index is 293. The zero-order valence-electron chi connectivity index (χ0n) is 8.23. The summed E-state index contributed by atoms with van der Waals surface area (Å²) >= 11 is 4.62. The van der Waals surface area contributed by atoms with Crippen LogP contribution in [0.2, 0.25) is 0 Å². The van der Waals surface area contributed by atoms with Crippen molar-refractivity contribution in [1.82, 2.24) is 4.98 Å². The second-order valence-electron chi connectivity index (χ2n) is 1.42. The lowest BCUT2D eigenvalue weighted by Gasteiger charge is -1.59. The van der Waals surface area contributed by atoms with Crippen LogP contribution in [0.1, 0.15) is 27.7 Å². The average molecular weight is 187 g/mol. The highest BCUT2D eigenvalue weighted by Gasteiger charge is 1.80. The van der Waals surface area contributed by atoms with Crippen LogP contribution in [0, 0.1) is 4.84 Å². The van der Waals surface area contributed by atoms with Gasteiger partial charge in [0.2, 0.25) is 0 Å². The molecule has 0 bridgehead atoms. The summed E-state index contributed by atoms with van der Waals surface area (Å²) in [4.78, 5) is 3.02.